The molecule has 138 valence electrons. The van der Waals surface area contributed by atoms with Gasteiger partial charge in [0.2, 0.25) is 0 Å². The van der Waals surface area contributed by atoms with E-state index in [4.69, 9.17) is 0 Å². The first-order valence-electron chi connectivity index (χ1n) is 8.52. The van der Waals surface area contributed by atoms with Crippen LogP contribution < -0.4 is 5.32 Å². The van der Waals surface area contributed by atoms with Gasteiger partial charge in [-0.3, -0.25) is 0 Å². The molecule has 0 aliphatic heterocycles. The molecule has 0 saturated heterocycles. The van der Waals surface area contributed by atoms with Crippen molar-refractivity contribution in [1.82, 2.24) is 24.7 Å². The van der Waals surface area contributed by atoms with Crippen LogP contribution >= 0.6 is 11.3 Å². The van der Waals surface area contributed by atoms with Crippen molar-refractivity contribution >= 4 is 22.8 Å². The third-order valence-corrected chi connectivity index (χ3v) is 5.08. The lowest BCUT2D eigenvalue weighted by molar-refractivity contribution is 0.311. The molecule has 6 nitrogen and oxygen atoms in total. The highest BCUT2D eigenvalue weighted by Gasteiger charge is 2.15. The second-order valence-corrected chi connectivity index (χ2v) is 7.22. The van der Waals surface area contributed by atoms with Gasteiger partial charge in [-0.25, -0.2) is 4.39 Å². The molecule has 8 heteroatoms. The van der Waals surface area contributed by atoms with E-state index >= 15 is 0 Å². The van der Waals surface area contributed by atoms with Gasteiger partial charge in [0.1, 0.15) is 11.6 Å². The number of aromatic nitrogens is 4. The maximum Gasteiger partial charge on any atom is 0.186 e. The summed E-state index contributed by atoms with van der Waals surface area (Å²) in [5.74, 6) is 1.22. The lowest BCUT2D eigenvalue weighted by atomic mass is 10.1. The number of anilines is 1. The van der Waals surface area contributed by atoms with E-state index in [2.05, 4.69) is 25.5 Å². The van der Waals surface area contributed by atoms with Gasteiger partial charge in [0, 0.05) is 17.5 Å². The Morgan fingerprint density at radius 3 is 2.63 bits per heavy atom. The molecule has 1 atom stereocenters. The topological polar surface area (TPSA) is 58.3 Å². The molecule has 3 aromatic heterocycles. The minimum Gasteiger partial charge on any atom is -0.367 e. The van der Waals surface area contributed by atoms with Gasteiger partial charge in [-0.05, 0) is 55.4 Å². The number of thiophene rings is 1. The Balaban J connectivity index is 1.57. The molecule has 0 radical (unpaired) electrons. The molecule has 4 aromatic rings. The molecule has 0 spiro atoms. The molecule has 3 heterocycles. The zero-order chi connectivity index (χ0) is 18.8. The molecule has 0 bridgehead atoms. The summed E-state index contributed by atoms with van der Waals surface area (Å²) >= 11 is 1.61. The molecule has 0 saturated carbocycles. The Morgan fingerprint density at radius 1 is 1.11 bits per heavy atom. The van der Waals surface area contributed by atoms with E-state index in [0.29, 0.717) is 12.2 Å². The average molecular weight is 382 g/mol. The predicted molar refractivity (Wildman–Crippen MR) is 105 cm³/mol. The fourth-order valence-corrected chi connectivity index (χ4v) is 3.57. The van der Waals surface area contributed by atoms with Crippen molar-refractivity contribution in [3.63, 3.8) is 0 Å². The van der Waals surface area contributed by atoms with Crippen LogP contribution in [0.3, 0.4) is 0 Å². The molecular formula is C19H19FN6S. The van der Waals surface area contributed by atoms with Crippen LogP contribution in [0.25, 0.3) is 17.0 Å². The van der Waals surface area contributed by atoms with Crippen LogP contribution in [-0.4, -0.2) is 45.4 Å². The van der Waals surface area contributed by atoms with E-state index in [1.165, 1.54) is 12.1 Å². The van der Waals surface area contributed by atoms with Crippen LogP contribution in [0.15, 0.2) is 53.2 Å². The molecule has 0 fully saturated rings. The first kappa shape index (κ1) is 17.6. The highest BCUT2D eigenvalue weighted by atomic mass is 32.1. The largest absolute Gasteiger partial charge is 0.367 e. The fraction of sp³-hybridized carbons (Fsp3) is 0.211. The Bertz CT molecular complexity index is 1030. The van der Waals surface area contributed by atoms with Crippen LogP contribution in [0.4, 0.5) is 10.2 Å². The van der Waals surface area contributed by atoms with E-state index in [1.54, 1.807) is 15.9 Å². The molecule has 0 aliphatic rings. The number of benzene rings is 1. The van der Waals surface area contributed by atoms with Gasteiger partial charge in [0.05, 0.1) is 6.04 Å². The Morgan fingerprint density at radius 2 is 1.93 bits per heavy atom. The number of hydrogen-bond acceptors (Lipinski definition) is 6. The van der Waals surface area contributed by atoms with Crippen LogP contribution in [0.5, 0.6) is 0 Å². The maximum absolute atomic E-state index is 13.2. The zero-order valence-corrected chi connectivity index (χ0v) is 15.8. The van der Waals surface area contributed by atoms with Crippen LogP contribution in [0.1, 0.15) is 11.6 Å². The van der Waals surface area contributed by atoms with E-state index in [0.717, 1.165) is 22.8 Å². The van der Waals surface area contributed by atoms with Crippen LogP contribution in [0, 0.1) is 5.82 Å². The Hall–Kier alpha value is -2.84. The van der Waals surface area contributed by atoms with Crippen molar-refractivity contribution < 1.29 is 4.39 Å². The predicted octanol–water partition coefficient (Wildman–Crippen LogP) is 3.71. The number of hydrogen-bond donors (Lipinski definition) is 1. The minimum absolute atomic E-state index is 0.0837. The molecule has 4 rings (SSSR count). The van der Waals surface area contributed by atoms with Gasteiger partial charge >= 0.3 is 0 Å². The third-order valence-electron chi connectivity index (χ3n) is 4.40. The summed E-state index contributed by atoms with van der Waals surface area (Å²) in [5.41, 5.74) is 2.73. The molecule has 1 aromatic carbocycles. The molecular weight excluding hydrogens is 363 g/mol. The summed E-state index contributed by atoms with van der Waals surface area (Å²) in [4.78, 5) is 2.09. The van der Waals surface area contributed by atoms with Crippen molar-refractivity contribution in [2.75, 3.05) is 26.0 Å². The number of fused-ring (bicyclic) bond motifs is 1. The second-order valence-electron chi connectivity index (χ2n) is 6.44. The van der Waals surface area contributed by atoms with Gasteiger partial charge in [0.25, 0.3) is 0 Å². The molecule has 1 N–H and O–H groups in total. The summed E-state index contributed by atoms with van der Waals surface area (Å²) in [5, 5.41) is 20.5. The average Bonchev–Trinajstić information content (AvgIpc) is 3.32. The van der Waals surface area contributed by atoms with E-state index in [9.17, 15) is 4.39 Å². The molecule has 1 unspecified atom stereocenters. The highest BCUT2D eigenvalue weighted by Crippen LogP contribution is 2.22. The second kappa shape index (κ2) is 7.42. The number of nitrogens with one attached hydrogen (secondary N) is 1. The molecule has 0 aliphatic carbocycles. The van der Waals surface area contributed by atoms with E-state index in [-0.39, 0.29) is 11.9 Å². The SMILES string of the molecule is CN(C)C(CNc1ccc2nnc(-c3ccsc3)n2n1)c1ccc(F)cc1. The summed E-state index contributed by atoms with van der Waals surface area (Å²) in [7, 11) is 4.00. The summed E-state index contributed by atoms with van der Waals surface area (Å²) in [6.07, 6.45) is 0. The van der Waals surface area contributed by atoms with Gasteiger partial charge in [-0.1, -0.05) is 12.1 Å². The maximum atomic E-state index is 13.2. The van der Waals surface area contributed by atoms with Gasteiger partial charge in [0.15, 0.2) is 11.5 Å². The minimum atomic E-state index is -0.232. The quantitative estimate of drug-likeness (QED) is 0.551. The number of likely N-dealkylation sites (N-methyl/N-ethyl adjacent to an activating group) is 1. The molecule has 0 amide bonds. The van der Waals surface area contributed by atoms with E-state index < -0.39 is 0 Å². The zero-order valence-electron chi connectivity index (χ0n) is 15.0. The first-order chi connectivity index (χ1) is 13.1. The monoisotopic (exact) mass is 382 g/mol. The lowest BCUT2D eigenvalue weighted by Crippen LogP contribution is -2.27. The third kappa shape index (κ3) is 3.67. The van der Waals surface area contributed by atoms with Crippen LogP contribution in [0.2, 0.25) is 0 Å². The number of rotatable bonds is 6. The van der Waals surface area contributed by atoms with Crippen molar-refractivity contribution in [1.29, 1.82) is 0 Å². The van der Waals surface area contributed by atoms with Gasteiger partial charge < -0.3 is 10.2 Å². The van der Waals surface area contributed by atoms with Gasteiger partial charge in [-0.15, -0.1) is 15.3 Å². The fourth-order valence-electron chi connectivity index (χ4n) is 2.94. The summed E-state index contributed by atoms with van der Waals surface area (Å²) < 4.78 is 15.0. The number of nitrogens with zero attached hydrogens (tertiary/aromatic N) is 5. The Labute approximate surface area is 160 Å². The number of halogens is 1. The van der Waals surface area contributed by atoms with Crippen molar-refractivity contribution in [2.45, 2.75) is 6.04 Å². The van der Waals surface area contributed by atoms with Gasteiger partial charge in [-0.2, -0.15) is 15.9 Å². The summed E-state index contributed by atoms with van der Waals surface area (Å²) in [6, 6.07) is 12.5. The van der Waals surface area contributed by atoms with Crippen molar-refractivity contribution in [2.24, 2.45) is 0 Å². The Kier molecular flexibility index (Phi) is 4.83. The smallest absolute Gasteiger partial charge is 0.186 e. The first-order valence-corrected chi connectivity index (χ1v) is 9.47. The van der Waals surface area contributed by atoms with Crippen molar-refractivity contribution in [3.8, 4) is 11.4 Å². The molecule has 27 heavy (non-hydrogen) atoms. The van der Waals surface area contributed by atoms with Crippen molar-refractivity contribution in [3.05, 3.63) is 64.6 Å². The van der Waals surface area contributed by atoms with E-state index in [1.807, 2.05) is 55.2 Å². The van der Waals surface area contributed by atoms with Crippen LogP contribution in [-0.2, 0) is 0 Å². The standard InChI is InChI=1S/C19H19FN6S/c1-25(2)16(13-3-5-15(20)6-4-13)11-21-17-7-8-18-22-23-19(26(18)24-17)14-9-10-27-12-14/h3-10,12,16H,11H2,1-2H3,(H,21,24). The summed E-state index contributed by atoms with van der Waals surface area (Å²) in [6.45, 7) is 0.632. The lowest BCUT2D eigenvalue weighted by Gasteiger charge is -2.25. The normalized spacial score (nSPS) is 12.6. The highest BCUT2D eigenvalue weighted by molar-refractivity contribution is 7.08.